The van der Waals surface area contributed by atoms with E-state index in [0.717, 1.165) is 83.5 Å². The van der Waals surface area contributed by atoms with Gasteiger partial charge >= 0.3 is 19.8 Å². The molecule has 0 heterocycles. The summed E-state index contributed by atoms with van der Waals surface area (Å²) in [5.41, 5.74) is 0. The highest BCUT2D eigenvalue weighted by Gasteiger charge is 2.27. The second-order valence-corrected chi connectivity index (χ2v) is 16.5. The molecule has 1 unspecified atom stereocenters. The van der Waals surface area contributed by atoms with E-state index in [0.29, 0.717) is 17.4 Å². The third-order valence-corrected chi connectivity index (χ3v) is 9.59. The van der Waals surface area contributed by atoms with Crippen molar-refractivity contribution >= 4 is 19.8 Å². The van der Waals surface area contributed by atoms with Crippen LogP contribution in [0, 0.1) is 0 Å². The van der Waals surface area contributed by atoms with Crippen molar-refractivity contribution in [1.29, 1.82) is 0 Å². The Labute approximate surface area is 324 Å². The molecule has 0 aliphatic carbocycles. The SMILES string of the molecule is CCCCC/C=C/C=C\CCCCCCCC(=O)O[C@H](COC(=O)CCCCCCC/C=C\C/C=C/CCCCC)COP(=O)(O)OCC[N+](C)(C)C. The van der Waals surface area contributed by atoms with Gasteiger partial charge in [-0.25, -0.2) is 4.57 Å². The van der Waals surface area contributed by atoms with Crippen molar-refractivity contribution in [2.24, 2.45) is 0 Å². The molecule has 1 N–H and O–H groups in total. The van der Waals surface area contributed by atoms with Crippen LogP contribution in [0.5, 0.6) is 0 Å². The number of hydrogen-bond acceptors (Lipinski definition) is 7. The lowest BCUT2D eigenvalue weighted by atomic mass is 10.1. The van der Waals surface area contributed by atoms with E-state index < -0.39 is 26.5 Å². The van der Waals surface area contributed by atoms with Gasteiger partial charge in [0.1, 0.15) is 19.8 Å². The first kappa shape index (κ1) is 51.0. The van der Waals surface area contributed by atoms with Gasteiger partial charge in [-0.1, -0.05) is 127 Å². The van der Waals surface area contributed by atoms with Gasteiger partial charge in [0, 0.05) is 12.8 Å². The predicted octanol–water partition coefficient (Wildman–Crippen LogP) is 11.5. The maximum Gasteiger partial charge on any atom is 0.472 e. The Balaban J connectivity index is 4.45. The lowest BCUT2D eigenvalue weighted by Gasteiger charge is -2.24. The largest absolute Gasteiger partial charge is 0.472 e. The van der Waals surface area contributed by atoms with E-state index >= 15 is 0 Å². The number of phosphoric ester groups is 1. The minimum atomic E-state index is -4.38. The smallest absolute Gasteiger partial charge is 0.462 e. The zero-order valence-electron chi connectivity index (χ0n) is 34.5. The van der Waals surface area contributed by atoms with E-state index in [9.17, 15) is 19.0 Å². The van der Waals surface area contributed by atoms with Crippen molar-refractivity contribution in [3.8, 4) is 0 Å². The molecule has 0 bridgehead atoms. The van der Waals surface area contributed by atoms with Crippen molar-refractivity contribution in [2.45, 2.75) is 168 Å². The monoisotopic (exact) mass is 769 g/mol. The Morgan fingerprint density at radius 1 is 0.604 bits per heavy atom. The van der Waals surface area contributed by atoms with Gasteiger partial charge in [0.05, 0.1) is 27.7 Å². The molecule has 0 aromatic heterocycles. The fraction of sp³-hybridized carbons (Fsp3) is 0.767. The number of carbonyl (C=O) groups excluding carboxylic acids is 2. The molecule has 0 radical (unpaired) electrons. The first-order valence-corrected chi connectivity index (χ1v) is 22.4. The number of carbonyl (C=O) groups is 2. The van der Waals surface area contributed by atoms with Gasteiger partial charge in [0.2, 0.25) is 0 Å². The minimum absolute atomic E-state index is 0.0245. The van der Waals surface area contributed by atoms with Crippen molar-refractivity contribution in [3.63, 3.8) is 0 Å². The van der Waals surface area contributed by atoms with Crippen LogP contribution < -0.4 is 0 Å². The molecular weight excluding hydrogens is 689 g/mol. The first-order valence-electron chi connectivity index (χ1n) is 20.9. The van der Waals surface area contributed by atoms with Gasteiger partial charge < -0.3 is 18.9 Å². The Kier molecular flexibility index (Phi) is 34.3. The number of allylic oxidation sites excluding steroid dienone is 8. The number of phosphoric acid groups is 1. The molecule has 0 amide bonds. The van der Waals surface area contributed by atoms with Crippen LogP contribution in [0.3, 0.4) is 0 Å². The van der Waals surface area contributed by atoms with Crippen molar-refractivity contribution in [2.75, 3.05) is 47.5 Å². The van der Waals surface area contributed by atoms with Crippen LogP contribution in [0.1, 0.15) is 162 Å². The highest BCUT2D eigenvalue weighted by atomic mass is 31.2. The standard InChI is InChI=1S/C43H78NO8P/c1-6-8-10-12-14-16-18-20-22-24-25-27-29-31-33-35-42(45)49-39-41(40-51-53(47,48)50-38-37-44(3,4)5)52-43(46)36-34-32-30-28-26-23-21-19-17-15-13-11-9-7-2/h14-17,19-22,41H,6-13,18,23-40H2,1-5H3/p+1/b16-14+,17-15+,21-19-,22-20-/t41-/m1/s1. The zero-order chi connectivity index (χ0) is 39.3. The van der Waals surface area contributed by atoms with Gasteiger partial charge in [-0.3, -0.25) is 18.6 Å². The van der Waals surface area contributed by atoms with E-state index in [1.165, 1.54) is 44.9 Å². The van der Waals surface area contributed by atoms with Gasteiger partial charge in [-0.2, -0.15) is 0 Å². The third kappa shape index (κ3) is 39.5. The van der Waals surface area contributed by atoms with Crippen molar-refractivity contribution in [3.05, 3.63) is 48.6 Å². The summed E-state index contributed by atoms with van der Waals surface area (Å²) < 4.78 is 34.2. The van der Waals surface area contributed by atoms with E-state index in [1.54, 1.807) is 0 Å². The Morgan fingerprint density at radius 2 is 1.08 bits per heavy atom. The van der Waals surface area contributed by atoms with E-state index in [2.05, 4.69) is 62.5 Å². The molecule has 0 fully saturated rings. The number of quaternary nitrogens is 1. The summed E-state index contributed by atoms with van der Waals surface area (Å²) >= 11 is 0. The van der Waals surface area contributed by atoms with Gasteiger partial charge in [-0.05, 0) is 70.6 Å². The zero-order valence-corrected chi connectivity index (χ0v) is 35.4. The number of likely N-dealkylation sites (N-methyl/N-ethyl adjacent to an activating group) is 1. The highest BCUT2D eigenvalue weighted by Crippen LogP contribution is 2.43. The summed E-state index contributed by atoms with van der Waals surface area (Å²) in [4.78, 5) is 35.3. The van der Waals surface area contributed by atoms with Gasteiger partial charge in [0.25, 0.3) is 0 Å². The number of esters is 2. The normalized spacial score (nSPS) is 14.2. The topological polar surface area (TPSA) is 108 Å². The number of rotatable bonds is 37. The van der Waals surface area contributed by atoms with Crippen molar-refractivity contribution < 1.29 is 42.1 Å². The Bertz CT molecular complexity index is 1050. The van der Waals surface area contributed by atoms with Crippen LogP contribution in [0.4, 0.5) is 0 Å². The summed E-state index contributed by atoms with van der Waals surface area (Å²) in [7, 11) is 1.45. The quantitative estimate of drug-likeness (QED) is 0.0166. The molecule has 53 heavy (non-hydrogen) atoms. The fourth-order valence-electron chi connectivity index (χ4n) is 5.27. The van der Waals surface area contributed by atoms with Crippen LogP contribution in [0.25, 0.3) is 0 Å². The van der Waals surface area contributed by atoms with E-state index in [1.807, 2.05) is 21.1 Å². The average Bonchev–Trinajstić information content (AvgIpc) is 3.10. The number of nitrogens with zero attached hydrogens (tertiary/aromatic N) is 1. The average molecular weight is 769 g/mol. The first-order chi connectivity index (χ1) is 25.5. The molecule has 10 heteroatoms. The Hall–Kier alpha value is -2.03. The van der Waals surface area contributed by atoms with Crippen LogP contribution in [0.2, 0.25) is 0 Å². The van der Waals surface area contributed by atoms with E-state index in [4.69, 9.17) is 18.5 Å². The summed E-state index contributed by atoms with van der Waals surface area (Å²) in [6, 6.07) is 0. The molecule has 9 nitrogen and oxygen atoms in total. The summed E-state index contributed by atoms with van der Waals surface area (Å²) in [6.07, 6.45) is 40.1. The number of ether oxygens (including phenoxy) is 2. The molecule has 0 saturated heterocycles. The summed E-state index contributed by atoms with van der Waals surface area (Å²) in [5.74, 6) is -0.836. The molecular formula is C43H79NO8P+. The van der Waals surface area contributed by atoms with Gasteiger partial charge in [0.15, 0.2) is 6.10 Å². The van der Waals surface area contributed by atoms with Crippen LogP contribution in [0.15, 0.2) is 48.6 Å². The second kappa shape index (κ2) is 35.7. The molecule has 0 aliphatic heterocycles. The molecule has 2 atom stereocenters. The van der Waals surface area contributed by atoms with Crippen LogP contribution in [-0.2, 0) is 32.7 Å². The molecule has 0 aliphatic rings. The molecule has 0 aromatic rings. The predicted molar refractivity (Wildman–Crippen MR) is 220 cm³/mol. The number of hydrogen-bond donors (Lipinski definition) is 1. The second-order valence-electron chi connectivity index (χ2n) is 15.0. The fourth-order valence-corrected chi connectivity index (χ4v) is 6.01. The highest BCUT2D eigenvalue weighted by molar-refractivity contribution is 7.47. The minimum Gasteiger partial charge on any atom is -0.462 e. The maximum atomic E-state index is 12.6. The summed E-state index contributed by atoms with van der Waals surface area (Å²) in [5, 5.41) is 0. The summed E-state index contributed by atoms with van der Waals surface area (Å²) in [6.45, 7) is 4.31. The van der Waals surface area contributed by atoms with Crippen LogP contribution >= 0.6 is 7.82 Å². The number of unbranched alkanes of at least 4 members (excludes halogenated alkanes) is 16. The lowest BCUT2D eigenvalue weighted by Crippen LogP contribution is -2.37. The lowest BCUT2D eigenvalue weighted by molar-refractivity contribution is -0.870. The van der Waals surface area contributed by atoms with E-state index in [-0.39, 0.29) is 32.0 Å². The molecule has 0 spiro atoms. The molecule has 0 aromatic carbocycles. The van der Waals surface area contributed by atoms with Crippen LogP contribution in [-0.4, -0.2) is 74.9 Å². The van der Waals surface area contributed by atoms with Crippen molar-refractivity contribution in [1.82, 2.24) is 0 Å². The van der Waals surface area contributed by atoms with Gasteiger partial charge in [-0.15, -0.1) is 0 Å². The molecule has 0 rings (SSSR count). The molecule has 0 saturated carbocycles. The molecule has 308 valence electrons. The Morgan fingerprint density at radius 3 is 1.60 bits per heavy atom. The maximum absolute atomic E-state index is 12.6. The third-order valence-electron chi connectivity index (χ3n) is 8.61.